The largest absolute Gasteiger partial charge is 0.331 e. The monoisotopic (exact) mass is 291 g/mol. The van der Waals surface area contributed by atoms with Crippen molar-refractivity contribution in [2.45, 2.75) is 17.2 Å². The second-order valence-electron chi connectivity index (χ2n) is 3.12. The number of nitrogens with zero attached hydrogens (tertiary/aromatic N) is 1. The molecule has 18 heavy (non-hydrogen) atoms. The van der Waals surface area contributed by atoms with Gasteiger partial charge in [0.05, 0.1) is 6.20 Å². The molecule has 0 saturated carbocycles. The summed E-state index contributed by atoms with van der Waals surface area (Å²) in [6.07, 6.45) is -2.76. The first-order valence-electron chi connectivity index (χ1n) is 4.31. The van der Waals surface area contributed by atoms with Crippen LogP contribution in [0.4, 0.5) is 22.0 Å². The van der Waals surface area contributed by atoms with E-state index in [1.54, 1.807) is 0 Å². The molecule has 0 N–H and O–H groups in total. The topological polar surface area (TPSA) is 56.3 Å². The molecule has 1 heterocycles. The van der Waals surface area contributed by atoms with Gasteiger partial charge in [-0.05, 0) is 6.07 Å². The van der Waals surface area contributed by atoms with Crippen molar-refractivity contribution in [1.29, 1.82) is 0 Å². The minimum Gasteiger partial charge on any atom is -0.260 e. The van der Waals surface area contributed by atoms with E-state index in [0.717, 1.165) is 0 Å². The molecule has 0 aliphatic carbocycles. The van der Waals surface area contributed by atoms with Crippen LogP contribution >= 0.6 is 0 Å². The zero-order valence-corrected chi connectivity index (χ0v) is 9.30. The van der Waals surface area contributed by atoms with Crippen molar-refractivity contribution < 1.29 is 34.6 Å². The van der Waals surface area contributed by atoms with Crippen LogP contribution in [0, 0.1) is 5.82 Å². The van der Waals surface area contributed by atoms with E-state index in [2.05, 4.69) is 9.17 Å². The molecule has 0 aliphatic rings. The molecule has 1 rings (SSSR count). The van der Waals surface area contributed by atoms with E-state index < -0.39 is 39.8 Å². The number of pyridine rings is 1. The number of aromatic nitrogens is 1. The summed E-state index contributed by atoms with van der Waals surface area (Å²) in [6.45, 7) is -2.04. The third-order valence-electron chi connectivity index (χ3n) is 1.69. The van der Waals surface area contributed by atoms with E-state index in [4.69, 9.17) is 0 Å². The molecule has 4 nitrogen and oxygen atoms in total. The van der Waals surface area contributed by atoms with Gasteiger partial charge in [-0.3, -0.25) is 9.17 Å². The van der Waals surface area contributed by atoms with Gasteiger partial charge in [-0.2, -0.15) is 17.2 Å². The van der Waals surface area contributed by atoms with Crippen molar-refractivity contribution in [2.24, 2.45) is 0 Å². The van der Waals surface area contributed by atoms with Gasteiger partial charge in [0.25, 0.3) is 10.1 Å². The van der Waals surface area contributed by atoms with Gasteiger partial charge in [0.1, 0.15) is 17.3 Å². The molecular formula is C8H6F5NO3S. The van der Waals surface area contributed by atoms with Crippen molar-refractivity contribution >= 4 is 10.1 Å². The quantitative estimate of drug-likeness (QED) is 0.613. The Morgan fingerprint density at radius 1 is 1.33 bits per heavy atom. The van der Waals surface area contributed by atoms with E-state index in [1.807, 2.05) is 0 Å². The van der Waals surface area contributed by atoms with Gasteiger partial charge in [-0.1, -0.05) is 0 Å². The van der Waals surface area contributed by atoms with E-state index in [0.29, 0.717) is 18.5 Å². The van der Waals surface area contributed by atoms with Crippen molar-refractivity contribution in [3.63, 3.8) is 0 Å². The Balaban J connectivity index is 2.84. The van der Waals surface area contributed by atoms with Crippen molar-refractivity contribution in [1.82, 2.24) is 4.98 Å². The van der Waals surface area contributed by atoms with E-state index in [1.165, 1.54) is 0 Å². The maximum absolute atomic E-state index is 12.6. The molecule has 1 aromatic rings. The second kappa shape index (κ2) is 5.14. The molecule has 102 valence electrons. The molecule has 0 aromatic carbocycles. The molecule has 10 heteroatoms. The second-order valence-corrected chi connectivity index (χ2v) is 4.73. The first-order chi connectivity index (χ1) is 8.15. The lowest BCUT2D eigenvalue weighted by atomic mass is 10.4. The smallest absolute Gasteiger partial charge is 0.260 e. The van der Waals surface area contributed by atoms with Crippen molar-refractivity contribution in [2.75, 3.05) is 6.61 Å². The molecule has 0 aliphatic heterocycles. The molecular weight excluding hydrogens is 285 g/mol. The van der Waals surface area contributed by atoms with Crippen LogP contribution in [0.25, 0.3) is 0 Å². The average Bonchev–Trinajstić information content (AvgIpc) is 2.26. The van der Waals surface area contributed by atoms with Gasteiger partial charge in [-0.15, -0.1) is 0 Å². The Bertz CT molecular complexity index is 519. The maximum atomic E-state index is 12.6. The summed E-state index contributed by atoms with van der Waals surface area (Å²) in [5.41, 5.74) is 0. The Kier molecular flexibility index (Phi) is 4.22. The standard InChI is InChI=1S/C8H6F5NO3S/c9-5-1-6(3-14-2-5)18(15,16)17-4-8(12,13)7(10)11/h1-3,7H,4H2. The Morgan fingerprint density at radius 2 is 1.94 bits per heavy atom. The Morgan fingerprint density at radius 3 is 2.44 bits per heavy atom. The van der Waals surface area contributed by atoms with Crippen molar-refractivity contribution in [3.8, 4) is 0 Å². The third kappa shape index (κ3) is 3.60. The van der Waals surface area contributed by atoms with Gasteiger partial charge in [0.15, 0.2) is 0 Å². The predicted octanol–water partition coefficient (Wildman–Crippen LogP) is 1.83. The number of rotatable bonds is 5. The highest BCUT2D eigenvalue weighted by atomic mass is 32.2. The molecule has 0 spiro atoms. The predicted molar refractivity (Wildman–Crippen MR) is 48.3 cm³/mol. The van der Waals surface area contributed by atoms with Gasteiger partial charge in [0.2, 0.25) is 0 Å². The molecule has 0 amide bonds. The highest BCUT2D eigenvalue weighted by Gasteiger charge is 2.42. The van der Waals surface area contributed by atoms with Crippen molar-refractivity contribution in [3.05, 3.63) is 24.3 Å². The summed E-state index contributed by atoms with van der Waals surface area (Å²) in [5, 5.41) is 0. The number of halogens is 5. The fourth-order valence-corrected chi connectivity index (χ4v) is 1.71. The van der Waals surface area contributed by atoms with Crippen LogP contribution in [-0.4, -0.2) is 32.4 Å². The zero-order valence-electron chi connectivity index (χ0n) is 8.49. The van der Waals surface area contributed by atoms with E-state index in [-0.39, 0.29) is 0 Å². The lowest BCUT2D eigenvalue weighted by Gasteiger charge is -2.14. The summed E-state index contributed by atoms with van der Waals surface area (Å²) in [5.74, 6) is -5.66. The molecule has 0 saturated heterocycles. The lowest BCUT2D eigenvalue weighted by Crippen LogP contribution is -2.33. The minimum atomic E-state index is -4.77. The van der Waals surface area contributed by atoms with Crippen LogP contribution in [0.1, 0.15) is 0 Å². The van der Waals surface area contributed by atoms with E-state index in [9.17, 15) is 30.4 Å². The third-order valence-corrected chi connectivity index (χ3v) is 2.92. The highest BCUT2D eigenvalue weighted by Crippen LogP contribution is 2.25. The fraction of sp³-hybridized carbons (Fsp3) is 0.375. The molecule has 0 bridgehead atoms. The Labute approximate surface area is 98.5 Å². The van der Waals surface area contributed by atoms with Gasteiger partial charge < -0.3 is 0 Å². The number of hydrogen-bond acceptors (Lipinski definition) is 4. The lowest BCUT2D eigenvalue weighted by molar-refractivity contribution is -0.147. The summed E-state index contributed by atoms with van der Waals surface area (Å²) >= 11 is 0. The number of hydrogen-bond donors (Lipinski definition) is 0. The Hall–Kier alpha value is -1.29. The average molecular weight is 291 g/mol. The first-order valence-corrected chi connectivity index (χ1v) is 5.72. The number of alkyl halides is 4. The summed E-state index contributed by atoms with van der Waals surface area (Å²) in [7, 11) is -4.77. The van der Waals surface area contributed by atoms with Gasteiger partial charge in [-0.25, -0.2) is 13.2 Å². The van der Waals surface area contributed by atoms with Gasteiger partial charge >= 0.3 is 12.3 Å². The molecule has 0 fully saturated rings. The fourth-order valence-electron chi connectivity index (χ4n) is 0.816. The van der Waals surface area contributed by atoms with Crippen LogP contribution in [-0.2, 0) is 14.3 Å². The molecule has 0 radical (unpaired) electrons. The zero-order chi connectivity index (χ0) is 14.0. The van der Waals surface area contributed by atoms with E-state index >= 15 is 0 Å². The molecule has 1 aromatic heterocycles. The van der Waals surface area contributed by atoms with Crippen LogP contribution in [0.2, 0.25) is 0 Å². The van der Waals surface area contributed by atoms with Crippen LogP contribution in [0.15, 0.2) is 23.4 Å². The molecule has 0 unspecified atom stereocenters. The van der Waals surface area contributed by atoms with Crippen LogP contribution < -0.4 is 0 Å². The highest BCUT2D eigenvalue weighted by molar-refractivity contribution is 7.86. The summed E-state index contributed by atoms with van der Waals surface area (Å²) in [4.78, 5) is 2.32. The van der Waals surface area contributed by atoms with Gasteiger partial charge in [0, 0.05) is 6.20 Å². The minimum absolute atomic E-state index is 0.461. The van der Waals surface area contributed by atoms with Crippen LogP contribution in [0.5, 0.6) is 0 Å². The SMILES string of the molecule is O=S(=O)(OCC(F)(F)C(F)F)c1cncc(F)c1. The summed E-state index contributed by atoms with van der Waals surface area (Å²) < 4.78 is 87.3. The molecule has 0 atom stereocenters. The summed E-state index contributed by atoms with van der Waals surface area (Å²) in [6, 6.07) is 0.461. The normalized spacial score (nSPS) is 13.0. The maximum Gasteiger partial charge on any atom is 0.331 e. The first kappa shape index (κ1) is 14.8. The van der Waals surface area contributed by atoms with Crippen LogP contribution in [0.3, 0.4) is 0 Å².